The molecule has 0 heterocycles. The van der Waals surface area contributed by atoms with Crippen LogP contribution in [0.5, 0.6) is 0 Å². The van der Waals surface area contributed by atoms with Crippen molar-refractivity contribution in [2.45, 2.75) is 36.6 Å². The highest BCUT2D eigenvalue weighted by molar-refractivity contribution is 7.89. The van der Waals surface area contributed by atoms with E-state index in [0.717, 1.165) is 31.7 Å². The molecule has 2 rings (SSSR count). The van der Waals surface area contributed by atoms with Crippen LogP contribution in [-0.2, 0) is 10.0 Å². The lowest BCUT2D eigenvalue weighted by Gasteiger charge is -2.34. The van der Waals surface area contributed by atoms with E-state index in [0.29, 0.717) is 5.69 Å². The third-order valence-corrected chi connectivity index (χ3v) is 5.19. The molecule has 1 aliphatic carbocycles. The second-order valence-corrected chi connectivity index (χ2v) is 7.26. The highest BCUT2D eigenvalue weighted by Gasteiger charge is 2.28. The van der Waals surface area contributed by atoms with Gasteiger partial charge >= 0.3 is 0 Å². The second-order valence-electron chi connectivity index (χ2n) is 5.70. The van der Waals surface area contributed by atoms with Gasteiger partial charge in [0.1, 0.15) is 5.69 Å². The number of nitrogens with zero attached hydrogens (tertiary/aromatic N) is 3. The van der Waals surface area contributed by atoms with Crippen LogP contribution >= 0.6 is 0 Å². The zero-order chi connectivity index (χ0) is 17.2. The van der Waals surface area contributed by atoms with Crippen molar-refractivity contribution in [3.8, 4) is 6.07 Å². The van der Waals surface area contributed by atoms with Gasteiger partial charge in [-0.1, -0.05) is 0 Å². The molecule has 0 unspecified atom stereocenters. The molecule has 124 valence electrons. The third-order valence-electron chi connectivity index (χ3n) is 4.28. The Morgan fingerprint density at radius 1 is 1.35 bits per heavy atom. The number of sulfonamides is 1. The molecule has 1 aliphatic rings. The molecule has 0 bridgehead atoms. The molecule has 0 spiro atoms. The van der Waals surface area contributed by atoms with Crippen LogP contribution in [0.15, 0.2) is 23.1 Å². The molecule has 1 fully saturated rings. The van der Waals surface area contributed by atoms with Crippen molar-refractivity contribution >= 4 is 21.4 Å². The molecule has 23 heavy (non-hydrogen) atoms. The fourth-order valence-electron chi connectivity index (χ4n) is 2.91. The zero-order valence-corrected chi connectivity index (χ0v) is 13.5. The molecular formula is C14H18N4O4S. The first-order chi connectivity index (χ1) is 10.7. The van der Waals surface area contributed by atoms with Gasteiger partial charge in [0.15, 0.2) is 0 Å². The summed E-state index contributed by atoms with van der Waals surface area (Å²) < 4.78 is 22.7. The third kappa shape index (κ3) is 3.78. The van der Waals surface area contributed by atoms with Gasteiger partial charge in [0.25, 0.3) is 5.69 Å². The largest absolute Gasteiger partial charge is 0.366 e. The number of rotatable bonds is 4. The minimum atomic E-state index is -4.00. The molecule has 0 atom stereocenters. The molecule has 1 aromatic carbocycles. The fraction of sp³-hybridized carbons (Fsp3) is 0.500. The molecule has 0 saturated heterocycles. The van der Waals surface area contributed by atoms with Crippen molar-refractivity contribution in [1.29, 1.82) is 5.26 Å². The summed E-state index contributed by atoms with van der Waals surface area (Å²) in [4.78, 5) is 12.2. The van der Waals surface area contributed by atoms with Crippen molar-refractivity contribution in [2.24, 2.45) is 11.1 Å². The molecule has 0 radical (unpaired) electrons. The van der Waals surface area contributed by atoms with Gasteiger partial charge in [-0.25, -0.2) is 13.6 Å². The van der Waals surface area contributed by atoms with Crippen LogP contribution in [0, 0.1) is 27.4 Å². The van der Waals surface area contributed by atoms with E-state index in [9.17, 15) is 18.5 Å². The molecule has 1 saturated carbocycles. The maximum Gasteiger partial charge on any atom is 0.293 e. The first-order valence-corrected chi connectivity index (χ1v) is 8.72. The van der Waals surface area contributed by atoms with Crippen LogP contribution in [0.4, 0.5) is 11.4 Å². The lowest BCUT2D eigenvalue weighted by molar-refractivity contribution is -0.384. The van der Waals surface area contributed by atoms with Crippen molar-refractivity contribution < 1.29 is 13.3 Å². The Kier molecular flexibility index (Phi) is 4.87. The van der Waals surface area contributed by atoms with Crippen LogP contribution < -0.4 is 10.0 Å². The molecule has 9 heteroatoms. The Morgan fingerprint density at radius 2 is 1.96 bits per heavy atom. The smallest absolute Gasteiger partial charge is 0.293 e. The first kappa shape index (κ1) is 17.2. The van der Waals surface area contributed by atoms with E-state index in [1.54, 1.807) is 11.9 Å². The van der Waals surface area contributed by atoms with E-state index in [2.05, 4.69) is 6.07 Å². The van der Waals surface area contributed by atoms with Crippen molar-refractivity contribution in [1.82, 2.24) is 0 Å². The summed E-state index contributed by atoms with van der Waals surface area (Å²) in [6.45, 7) is 0. The van der Waals surface area contributed by atoms with Crippen molar-refractivity contribution in [3.05, 3.63) is 28.3 Å². The Bertz CT molecular complexity index is 749. The van der Waals surface area contributed by atoms with Gasteiger partial charge in [-0.15, -0.1) is 0 Å². The Hall–Kier alpha value is -2.18. The average molecular weight is 338 g/mol. The first-order valence-electron chi connectivity index (χ1n) is 7.17. The number of nitriles is 1. The molecule has 1 aromatic rings. The predicted molar refractivity (Wildman–Crippen MR) is 84.2 cm³/mol. The van der Waals surface area contributed by atoms with Crippen molar-refractivity contribution in [3.63, 3.8) is 0 Å². The number of anilines is 1. The fourth-order valence-corrected chi connectivity index (χ4v) is 3.45. The number of benzene rings is 1. The van der Waals surface area contributed by atoms with Crippen molar-refractivity contribution in [2.75, 3.05) is 11.9 Å². The number of hydrogen-bond acceptors (Lipinski definition) is 6. The summed E-state index contributed by atoms with van der Waals surface area (Å²) >= 11 is 0. The van der Waals surface area contributed by atoms with E-state index in [4.69, 9.17) is 10.4 Å². The van der Waals surface area contributed by atoms with Crippen LogP contribution in [-0.4, -0.2) is 26.4 Å². The van der Waals surface area contributed by atoms with Gasteiger partial charge in [-0.3, -0.25) is 10.1 Å². The van der Waals surface area contributed by atoms with E-state index < -0.39 is 14.9 Å². The summed E-state index contributed by atoms with van der Waals surface area (Å²) in [6, 6.07) is 6.00. The van der Waals surface area contributed by atoms with Gasteiger partial charge in [-0.05, 0) is 37.8 Å². The lowest BCUT2D eigenvalue weighted by Crippen LogP contribution is -2.35. The van der Waals surface area contributed by atoms with E-state index in [1.807, 2.05) is 0 Å². The molecule has 0 aromatic heterocycles. The number of nitro groups is 1. The molecule has 0 amide bonds. The summed E-state index contributed by atoms with van der Waals surface area (Å²) in [7, 11) is -2.25. The summed E-state index contributed by atoms with van der Waals surface area (Å²) in [6.07, 6.45) is 3.05. The SMILES string of the molecule is CN(c1ccc(S(N)(=O)=O)cc1[N+](=O)[O-])C1CCC(C#N)CC1. The predicted octanol–water partition coefficient (Wildman–Crippen LogP) is 1.76. The number of hydrogen-bond donors (Lipinski definition) is 1. The highest BCUT2D eigenvalue weighted by atomic mass is 32.2. The van der Waals surface area contributed by atoms with E-state index in [-0.39, 0.29) is 22.5 Å². The van der Waals surface area contributed by atoms with Gasteiger partial charge in [0.2, 0.25) is 10.0 Å². The van der Waals surface area contributed by atoms with Gasteiger partial charge in [-0.2, -0.15) is 5.26 Å². The van der Waals surface area contributed by atoms with E-state index >= 15 is 0 Å². The molecule has 2 N–H and O–H groups in total. The van der Waals surface area contributed by atoms with Crippen LogP contribution in [0.2, 0.25) is 0 Å². The Morgan fingerprint density at radius 3 is 2.43 bits per heavy atom. The van der Waals surface area contributed by atoms with Gasteiger partial charge < -0.3 is 4.90 Å². The molecule has 0 aliphatic heterocycles. The standard InChI is InChI=1S/C14H18N4O4S/c1-17(11-4-2-10(9-15)3-5-11)13-7-6-12(23(16,21)22)8-14(13)18(19)20/h6-8,10-11H,2-5H2,1H3,(H2,16,21,22). The van der Waals surface area contributed by atoms with Crippen LogP contribution in [0.3, 0.4) is 0 Å². The number of primary sulfonamides is 1. The zero-order valence-electron chi connectivity index (χ0n) is 12.7. The van der Waals surface area contributed by atoms with E-state index in [1.165, 1.54) is 12.1 Å². The van der Waals surface area contributed by atoms with Gasteiger partial charge in [0.05, 0.1) is 15.9 Å². The van der Waals surface area contributed by atoms with Gasteiger partial charge in [0, 0.05) is 25.1 Å². The summed E-state index contributed by atoms with van der Waals surface area (Å²) in [5.74, 6) is 0.0411. The maximum absolute atomic E-state index is 11.4. The topological polar surface area (TPSA) is 130 Å². The minimum absolute atomic E-state index is 0.0411. The quantitative estimate of drug-likeness (QED) is 0.657. The number of nitrogens with two attached hydrogens (primary N) is 1. The second kappa shape index (κ2) is 6.52. The highest BCUT2D eigenvalue weighted by Crippen LogP contribution is 2.35. The Labute approximate surface area is 134 Å². The average Bonchev–Trinajstić information content (AvgIpc) is 2.52. The summed E-state index contributed by atoms with van der Waals surface area (Å²) in [5, 5.41) is 25.3. The van der Waals surface area contributed by atoms with Crippen LogP contribution in [0.1, 0.15) is 25.7 Å². The minimum Gasteiger partial charge on any atom is -0.366 e. The summed E-state index contributed by atoms with van der Waals surface area (Å²) in [5.41, 5.74) is 0.0595. The molecule has 8 nitrogen and oxygen atoms in total. The van der Waals surface area contributed by atoms with Crippen LogP contribution in [0.25, 0.3) is 0 Å². The monoisotopic (exact) mass is 338 g/mol. The lowest BCUT2D eigenvalue weighted by atomic mass is 9.86. The Balaban J connectivity index is 2.32. The molecular weight excluding hydrogens is 320 g/mol. The number of nitro benzene ring substituents is 1. The maximum atomic E-state index is 11.4. The normalized spacial score (nSPS) is 21.4.